The van der Waals surface area contributed by atoms with Gasteiger partial charge in [0.25, 0.3) is 5.69 Å². The second kappa shape index (κ2) is 5.20. The monoisotopic (exact) mass is 289 g/mol. The van der Waals surface area contributed by atoms with Crippen molar-refractivity contribution >= 4 is 22.4 Å². The summed E-state index contributed by atoms with van der Waals surface area (Å²) in [5.41, 5.74) is 1.26. The molecule has 0 unspecified atom stereocenters. The Morgan fingerprint density at radius 2 is 2.00 bits per heavy atom. The van der Waals surface area contributed by atoms with E-state index in [4.69, 9.17) is 4.74 Å². The molecule has 0 saturated carbocycles. The van der Waals surface area contributed by atoms with Crippen LogP contribution >= 0.6 is 0 Å². The Bertz CT molecular complexity index is 705. The fourth-order valence-electron chi connectivity index (χ4n) is 2.31. The van der Waals surface area contributed by atoms with Crippen molar-refractivity contribution in [2.45, 2.75) is 26.2 Å². The van der Waals surface area contributed by atoms with Crippen LogP contribution in [0.25, 0.3) is 10.9 Å². The first-order chi connectivity index (χ1) is 9.79. The topological polar surface area (TPSA) is 77.3 Å². The molecule has 0 bridgehead atoms. The first-order valence-corrected chi connectivity index (χ1v) is 6.64. The van der Waals surface area contributed by atoms with Crippen LogP contribution in [0.4, 0.5) is 11.5 Å². The maximum atomic E-state index is 11.3. The van der Waals surface area contributed by atoms with E-state index in [1.54, 1.807) is 13.1 Å². The number of ether oxygens (including phenoxy) is 1. The predicted octanol–water partition coefficient (Wildman–Crippen LogP) is 3.49. The van der Waals surface area contributed by atoms with Crippen LogP contribution < -0.4 is 10.1 Å². The van der Waals surface area contributed by atoms with Crippen molar-refractivity contribution in [1.29, 1.82) is 0 Å². The maximum absolute atomic E-state index is 11.3. The van der Waals surface area contributed by atoms with Crippen LogP contribution in [0.1, 0.15) is 26.3 Å². The Kier molecular flexibility index (Phi) is 3.72. The SMILES string of the molecule is CNc1nc2c(OC)ccc([N+](=O)[O-])c2cc1C(C)(C)C. The lowest BCUT2D eigenvalue weighted by atomic mass is 9.86. The lowest BCUT2D eigenvalue weighted by Crippen LogP contribution is -2.15. The van der Waals surface area contributed by atoms with Gasteiger partial charge in [-0.25, -0.2) is 4.98 Å². The van der Waals surface area contributed by atoms with Gasteiger partial charge in [0.1, 0.15) is 17.1 Å². The van der Waals surface area contributed by atoms with E-state index in [-0.39, 0.29) is 11.1 Å². The highest BCUT2D eigenvalue weighted by Gasteiger charge is 2.24. The Morgan fingerprint density at radius 3 is 2.48 bits per heavy atom. The average Bonchev–Trinajstić information content (AvgIpc) is 2.43. The minimum Gasteiger partial charge on any atom is -0.494 e. The summed E-state index contributed by atoms with van der Waals surface area (Å²) in [5, 5.41) is 14.8. The minimum atomic E-state index is -0.394. The van der Waals surface area contributed by atoms with E-state index < -0.39 is 4.92 Å². The third-order valence-corrected chi connectivity index (χ3v) is 3.39. The summed E-state index contributed by atoms with van der Waals surface area (Å²) in [4.78, 5) is 15.4. The van der Waals surface area contributed by atoms with E-state index in [1.807, 2.05) is 26.8 Å². The van der Waals surface area contributed by atoms with Gasteiger partial charge < -0.3 is 10.1 Å². The third-order valence-electron chi connectivity index (χ3n) is 3.39. The molecule has 1 heterocycles. The molecule has 2 rings (SSSR count). The Balaban J connectivity index is 2.92. The summed E-state index contributed by atoms with van der Waals surface area (Å²) >= 11 is 0. The van der Waals surface area contributed by atoms with Crippen molar-refractivity contribution < 1.29 is 9.66 Å². The highest BCUT2D eigenvalue weighted by atomic mass is 16.6. The summed E-state index contributed by atoms with van der Waals surface area (Å²) in [6, 6.07) is 4.85. The lowest BCUT2D eigenvalue weighted by Gasteiger charge is -2.22. The Labute approximate surface area is 123 Å². The molecule has 0 aliphatic carbocycles. The molecule has 1 N–H and O–H groups in total. The highest BCUT2D eigenvalue weighted by molar-refractivity contribution is 5.94. The lowest BCUT2D eigenvalue weighted by molar-refractivity contribution is -0.383. The van der Waals surface area contributed by atoms with Gasteiger partial charge in [-0.1, -0.05) is 20.8 Å². The van der Waals surface area contributed by atoms with Crippen molar-refractivity contribution in [2.24, 2.45) is 0 Å². The van der Waals surface area contributed by atoms with Crippen molar-refractivity contribution in [3.63, 3.8) is 0 Å². The number of rotatable bonds is 3. The zero-order valence-corrected chi connectivity index (χ0v) is 12.9. The molecule has 0 saturated heterocycles. The van der Waals surface area contributed by atoms with Crippen LogP contribution in [-0.4, -0.2) is 24.1 Å². The van der Waals surface area contributed by atoms with E-state index in [0.29, 0.717) is 22.5 Å². The largest absolute Gasteiger partial charge is 0.494 e. The number of hydrogen-bond acceptors (Lipinski definition) is 5. The Hall–Kier alpha value is -2.37. The van der Waals surface area contributed by atoms with E-state index >= 15 is 0 Å². The molecule has 0 radical (unpaired) electrons. The zero-order valence-electron chi connectivity index (χ0n) is 12.9. The number of anilines is 1. The molecule has 0 fully saturated rings. The molecule has 0 aliphatic rings. The molecule has 6 nitrogen and oxygen atoms in total. The summed E-state index contributed by atoms with van der Waals surface area (Å²) in [7, 11) is 3.31. The maximum Gasteiger partial charge on any atom is 0.279 e. The van der Waals surface area contributed by atoms with Gasteiger partial charge in [0.15, 0.2) is 0 Å². The smallest absolute Gasteiger partial charge is 0.279 e. The van der Waals surface area contributed by atoms with Gasteiger partial charge in [0, 0.05) is 18.7 Å². The van der Waals surface area contributed by atoms with E-state index in [1.165, 1.54) is 13.2 Å². The molecule has 0 atom stereocenters. The normalized spacial score (nSPS) is 11.5. The molecule has 0 amide bonds. The number of aromatic nitrogens is 1. The summed E-state index contributed by atoms with van der Waals surface area (Å²) < 4.78 is 5.27. The average molecular weight is 289 g/mol. The van der Waals surface area contributed by atoms with Gasteiger partial charge in [0.2, 0.25) is 0 Å². The summed E-state index contributed by atoms with van der Waals surface area (Å²) in [6.45, 7) is 6.13. The number of pyridine rings is 1. The van der Waals surface area contributed by atoms with Gasteiger partial charge in [-0.15, -0.1) is 0 Å². The number of benzene rings is 1. The van der Waals surface area contributed by atoms with Crippen LogP contribution in [0.5, 0.6) is 5.75 Å². The second-order valence-electron chi connectivity index (χ2n) is 5.82. The predicted molar refractivity (Wildman–Crippen MR) is 83.2 cm³/mol. The first kappa shape index (κ1) is 15.0. The van der Waals surface area contributed by atoms with Crippen LogP contribution in [0.2, 0.25) is 0 Å². The van der Waals surface area contributed by atoms with Crippen LogP contribution in [-0.2, 0) is 5.41 Å². The van der Waals surface area contributed by atoms with Crippen molar-refractivity contribution in [1.82, 2.24) is 4.98 Å². The van der Waals surface area contributed by atoms with Crippen LogP contribution in [0.3, 0.4) is 0 Å². The molecular formula is C15H19N3O3. The number of non-ortho nitro benzene ring substituents is 1. The number of methoxy groups -OCH3 is 1. The van der Waals surface area contributed by atoms with E-state index in [0.717, 1.165) is 5.56 Å². The third kappa shape index (κ3) is 2.61. The molecule has 1 aromatic carbocycles. The number of fused-ring (bicyclic) bond motifs is 1. The van der Waals surface area contributed by atoms with Gasteiger partial charge in [-0.2, -0.15) is 0 Å². The molecular weight excluding hydrogens is 270 g/mol. The molecule has 0 spiro atoms. The number of nitrogens with one attached hydrogen (secondary N) is 1. The molecule has 21 heavy (non-hydrogen) atoms. The quantitative estimate of drug-likeness (QED) is 0.691. The van der Waals surface area contributed by atoms with Gasteiger partial charge >= 0.3 is 0 Å². The molecule has 2 aromatic rings. The first-order valence-electron chi connectivity index (χ1n) is 6.64. The molecule has 1 aromatic heterocycles. The second-order valence-corrected chi connectivity index (χ2v) is 5.82. The van der Waals surface area contributed by atoms with Gasteiger partial charge in [0.05, 0.1) is 17.4 Å². The zero-order chi connectivity index (χ0) is 15.8. The number of nitrogens with zero attached hydrogens (tertiary/aromatic N) is 2. The number of hydrogen-bond donors (Lipinski definition) is 1. The highest BCUT2D eigenvalue weighted by Crippen LogP contribution is 2.37. The van der Waals surface area contributed by atoms with Crippen LogP contribution in [0.15, 0.2) is 18.2 Å². The standard InChI is InChI=1S/C15H19N3O3/c1-15(2,3)10-8-9-11(18(19)20)6-7-12(21-5)13(9)17-14(10)16-4/h6-8H,1-5H3,(H,16,17). The van der Waals surface area contributed by atoms with E-state index in [9.17, 15) is 10.1 Å². The summed E-state index contributed by atoms with van der Waals surface area (Å²) in [6.07, 6.45) is 0. The van der Waals surface area contributed by atoms with Gasteiger partial charge in [-0.05, 0) is 17.5 Å². The fraction of sp³-hybridized carbons (Fsp3) is 0.400. The van der Waals surface area contributed by atoms with Crippen LogP contribution in [0, 0.1) is 10.1 Å². The van der Waals surface area contributed by atoms with Crippen molar-refractivity contribution in [3.8, 4) is 5.75 Å². The molecule has 0 aliphatic heterocycles. The number of nitro groups is 1. The fourth-order valence-corrected chi connectivity index (χ4v) is 2.31. The number of nitro benzene ring substituents is 1. The van der Waals surface area contributed by atoms with Crippen molar-refractivity contribution in [2.75, 3.05) is 19.5 Å². The summed E-state index contributed by atoms with van der Waals surface area (Å²) in [5.74, 6) is 1.22. The molecule has 6 heteroatoms. The molecule has 112 valence electrons. The van der Waals surface area contributed by atoms with Crippen molar-refractivity contribution in [3.05, 3.63) is 33.9 Å². The minimum absolute atomic E-state index is 0.0338. The van der Waals surface area contributed by atoms with E-state index in [2.05, 4.69) is 10.3 Å². The van der Waals surface area contributed by atoms with Gasteiger partial charge in [-0.3, -0.25) is 10.1 Å². The Morgan fingerprint density at radius 1 is 1.33 bits per heavy atom.